The molecule has 1 heterocycles. The number of hydrazone groups is 1. The quantitative estimate of drug-likeness (QED) is 0.836. The summed E-state index contributed by atoms with van der Waals surface area (Å²) < 4.78 is 0. The maximum absolute atomic E-state index is 5.92. The van der Waals surface area contributed by atoms with Crippen molar-refractivity contribution in [1.29, 1.82) is 0 Å². The Morgan fingerprint density at radius 2 is 1.84 bits per heavy atom. The fraction of sp³-hybridized carbons (Fsp3) is 0.188. The van der Waals surface area contributed by atoms with Crippen molar-refractivity contribution < 1.29 is 0 Å². The van der Waals surface area contributed by atoms with Gasteiger partial charge in [0, 0.05) is 11.1 Å². The summed E-state index contributed by atoms with van der Waals surface area (Å²) in [5, 5.41) is 5.01. The molecule has 1 aliphatic rings. The third-order valence-electron chi connectivity index (χ3n) is 3.35. The number of rotatable bonds is 1. The highest BCUT2D eigenvalue weighted by Gasteiger charge is 2.10. The van der Waals surface area contributed by atoms with Crippen LogP contribution in [0.1, 0.15) is 18.1 Å². The minimum atomic E-state index is 0.374. The lowest BCUT2D eigenvalue weighted by Gasteiger charge is -2.10. The van der Waals surface area contributed by atoms with Gasteiger partial charge in [-0.15, -0.1) is 0 Å². The van der Waals surface area contributed by atoms with Crippen molar-refractivity contribution >= 4 is 17.8 Å². The van der Waals surface area contributed by atoms with Crippen LogP contribution in [-0.4, -0.2) is 12.3 Å². The van der Waals surface area contributed by atoms with E-state index < -0.39 is 0 Å². The molecular weight excluding hydrogens is 256 g/mol. The van der Waals surface area contributed by atoms with Gasteiger partial charge >= 0.3 is 0 Å². The smallest absolute Gasteiger partial charge is 0.0543 e. The van der Waals surface area contributed by atoms with E-state index in [2.05, 4.69) is 35.7 Å². The second kappa shape index (κ2) is 5.06. The highest BCUT2D eigenvalue weighted by molar-refractivity contribution is 6.30. The van der Waals surface area contributed by atoms with Gasteiger partial charge in [0.25, 0.3) is 0 Å². The average molecular weight is 271 g/mol. The molecule has 96 valence electrons. The fourth-order valence-corrected chi connectivity index (χ4v) is 2.46. The summed E-state index contributed by atoms with van der Waals surface area (Å²) in [6.45, 7) is 2.14. The molecule has 1 N–H and O–H groups in total. The first-order valence-electron chi connectivity index (χ1n) is 6.40. The summed E-state index contributed by atoms with van der Waals surface area (Å²) >= 11 is 5.92. The van der Waals surface area contributed by atoms with Gasteiger partial charge in [-0.2, -0.15) is 5.10 Å². The third-order valence-corrected chi connectivity index (χ3v) is 3.60. The van der Waals surface area contributed by atoms with Crippen molar-refractivity contribution in [3.8, 4) is 11.1 Å². The van der Waals surface area contributed by atoms with Crippen molar-refractivity contribution in [3.05, 3.63) is 58.6 Å². The molecule has 0 amide bonds. The highest BCUT2D eigenvalue weighted by Crippen LogP contribution is 2.24. The maximum Gasteiger partial charge on any atom is 0.0543 e. The maximum atomic E-state index is 5.92. The Hall–Kier alpha value is -1.80. The zero-order valence-corrected chi connectivity index (χ0v) is 11.5. The summed E-state index contributed by atoms with van der Waals surface area (Å²) in [5.41, 5.74) is 7.99. The molecule has 2 aromatic carbocycles. The predicted molar refractivity (Wildman–Crippen MR) is 80.8 cm³/mol. The first-order chi connectivity index (χ1) is 9.22. The van der Waals surface area contributed by atoms with Crippen LogP contribution < -0.4 is 5.43 Å². The van der Waals surface area contributed by atoms with E-state index >= 15 is 0 Å². The number of nitrogens with one attached hydrogen (secondary N) is 1. The van der Waals surface area contributed by atoms with Gasteiger partial charge in [-0.1, -0.05) is 35.9 Å². The summed E-state index contributed by atoms with van der Waals surface area (Å²) in [6, 6.07) is 14.8. The SMILES string of the molecule is CC1Cc2ccc(-c3ccc(Cl)cc3)cc2C=NN1. The normalized spacial score (nSPS) is 17.5. The van der Waals surface area contributed by atoms with Crippen molar-refractivity contribution in [3.63, 3.8) is 0 Å². The van der Waals surface area contributed by atoms with Crippen LogP contribution in [0.3, 0.4) is 0 Å². The van der Waals surface area contributed by atoms with Gasteiger partial charge in [-0.25, -0.2) is 0 Å². The van der Waals surface area contributed by atoms with Crippen LogP contribution in [0.4, 0.5) is 0 Å². The molecule has 0 bridgehead atoms. The van der Waals surface area contributed by atoms with Gasteiger partial charge in [-0.05, 0) is 53.8 Å². The van der Waals surface area contributed by atoms with Crippen LogP contribution in [0.25, 0.3) is 11.1 Å². The molecule has 0 spiro atoms. The number of nitrogens with zero attached hydrogens (tertiary/aromatic N) is 1. The Morgan fingerprint density at radius 3 is 2.63 bits per heavy atom. The third kappa shape index (κ3) is 2.64. The topological polar surface area (TPSA) is 24.4 Å². The van der Waals surface area contributed by atoms with Crippen molar-refractivity contribution in [2.75, 3.05) is 0 Å². The van der Waals surface area contributed by atoms with E-state index in [-0.39, 0.29) is 0 Å². The molecule has 1 atom stereocenters. The van der Waals surface area contributed by atoms with Gasteiger partial charge in [-0.3, -0.25) is 0 Å². The fourth-order valence-electron chi connectivity index (χ4n) is 2.33. The molecule has 0 fully saturated rings. The van der Waals surface area contributed by atoms with Crippen LogP contribution in [-0.2, 0) is 6.42 Å². The van der Waals surface area contributed by atoms with Crippen LogP contribution >= 0.6 is 11.6 Å². The number of benzene rings is 2. The minimum Gasteiger partial charge on any atom is -0.307 e. The van der Waals surface area contributed by atoms with Crippen LogP contribution in [0.5, 0.6) is 0 Å². The zero-order chi connectivity index (χ0) is 13.2. The average Bonchev–Trinajstić information content (AvgIpc) is 2.59. The van der Waals surface area contributed by atoms with E-state index in [4.69, 9.17) is 11.6 Å². The van der Waals surface area contributed by atoms with E-state index in [1.165, 1.54) is 22.3 Å². The monoisotopic (exact) mass is 270 g/mol. The second-order valence-electron chi connectivity index (χ2n) is 4.91. The van der Waals surface area contributed by atoms with Crippen molar-refractivity contribution in [2.45, 2.75) is 19.4 Å². The summed E-state index contributed by atoms with van der Waals surface area (Å²) in [5.74, 6) is 0. The molecular formula is C16H15ClN2. The largest absolute Gasteiger partial charge is 0.307 e. The number of fused-ring (bicyclic) bond motifs is 1. The molecule has 19 heavy (non-hydrogen) atoms. The molecule has 3 rings (SSSR count). The van der Waals surface area contributed by atoms with Gasteiger partial charge in [0.2, 0.25) is 0 Å². The van der Waals surface area contributed by atoms with Crippen LogP contribution in [0.15, 0.2) is 47.6 Å². The Morgan fingerprint density at radius 1 is 1.11 bits per heavy atom. The molecule has 0 aromatic heterocycles. The van der Waals surface area contributed by atoms with Gasteiger partial charge in [0.1, 0.15) is 0 Å². The van der Waals surface area contributed by atoms with E-state index in [0.29, 0.717) is 6.04 Å². The Bertz CT molecular complexity index is 617. The van der Waals surface area contributed by atoms with Crippen molar-refractivity contribution in [2.24, 2.45) is 5.10 Å². The first kappa shape index (κ1) is 12.2. The van der Waals surface area contributed by atoms with E-state index in [1.54, 1.807) is 0 Å². The lowest BCUT2D eigenvalue weighted by atomic mass is 9.97. The Balaban J connectivity index is 2.01. The lowest BCUT2D eigenvalue weighted by molar-refractivity contribution is 0.577. The van der Waals surface area contributed by atoms with Gasteiger partial charge in [0.05, 0.1) is 6.21 Å². The van der Waals surface area contributed by atoms with Gasteiger partial charge < -0.3 is 5.43 Å². The molecule has 1 unspecified atom stereocenters. The van der Waals surface area contributed by atoms with Crippen LogP contribution in [0.2, 0.25) is 5.02 Å². The molecule has 2 nitrogen and oxygen atoms in total. The lowest BCUT2D eigenvalue weighted by Crippen LogP contribution is -2.21. The summed E-state index contributed by atoms with van der Waals surface area (Å²) in [6.07, 6.45) is 2.90. The highest BCUT2D eigenvalue weighted by atomic mass is 35.5. The van der Waals surface area contributed by atoms with E-state index in [9.17, 15) is 0 Å². The zero-order valence-electron chi connectivity index (χ0n) is 10.7. The Labute approximate surface area is 118 Å². The van der Waals surface area contributed by atoms with Crippen molar-refractivity contribution in [1.82, 2.24) is 5.43 Å². The molecule has 2 aromatic rings. The number of halogens is 1. The predicted octanol–water partition coefficient (Wildman–Crippen LogP) is 3.88. The number of hydrogen-bond donors (Lipinski definition) is 1. The molecule has 0 aliphatic carbocycles. The molecule has 0 radical (unpaired) electrons. The second-order valence-corrected chi connectivity index (χ2v) is 5.35. The summed E-state index contributed by atoms with van der Waals surface area (Å²) in [4.78, 5) is 0. The first-order valence-corrected chi connectivity index (χ1v) is 6.77. The number of hydrogen-bond acceptors (Lipinski definition) is 2. The van der Waals surface area contributed by atoms with E-state index in [0.717, 1.165) is 11.4 Å². The standard InChI is InChI=1S/C16H15ClN2/c1-11-8-13-2-3-14(9-15(13)10-18-19-11)12-4-6-16(17)7-5-12/h2-7,9-11,19H,8H2,1H3. The molecule has 3 heteroatoms. The van der Waals surface area contributed by atoms with Gasteiger partial charge in [0.15, 0.2) is 0 Å². The minimum absolute atomic E-state index is 0.374. The molecule has 0 saturated carbocycles. The Kier molecular flexibility index (Phi) is 3.26. The molecule has 1 aliphatic heterocycles. The van der Waals surface area contributed by atoms with E-state index in [1.807, 2.05) is 30.5 Å². The van der Waals surface area contributed by atoms with Crippen LogP contribution in [0, 0.1) is 0 Å². The summed E-state index contributed by atoms with van der Waals surface area (Å²) in [7, 11) is 0. The molecule has 0 saturated heterocycles.